The number of amides is 1. The Kier molecular flexibility index (Phi) is 4.18. The van der Waals surface area contributed by atoms with Crippen LogP contribution in [0.3, 0.4) is 0 Å². The fourth-order valence-corrected chi connectivity index (χ4v) is 2.49. The van der Waals surface area contributed by atoms with Gasteiger partial charge >= 0.3 is 0 Å². The third-order valence-electron chi connectivity index (χ3n) is 3.76. The first-order chi connectivity index (χ1) is 7.77. The van der Waals surface area contributed by atoms with Gasteiger partial charge in [-0.15, -0.1) is 0 Å². The van der Waals surface area contributed by atoms with Gasteiger partial charge in [-0.25, -0.2) is 0 Å². The van der Waals surface area contributed by atoms with E-state index in [-0.39, 0.29) is 11.8 Å². The lowest BCUT2D eigenvalue weighted by Gasteiger charge is -2.23. The molecule has 0 aromatic rings. The Hall–Kier alpha value is -0.610. The van der Waals surface area contributed by atoms with Crippen LogP contribution in [0.25, 0.3) is 0 Å². The molecule has 4 nitrogen and oxygen atoms in total. The third-order valence-corrected chi connectivity index (χ3v) is 3.76. The van der Waals surface area contributed by atoms with Gasteiger partial charge in [0.1, 0.15) is 0 Å². The number of carbonyl (C=O) groups excluding carboxylic acids is 1. The highest BCUT2D eigenvalue weighted by molar-refractivity contribution is 5.79. The maximum absolute atomic E-state index is 11.9. The normalized spacial score (nSPS) is 31.6. The summed E-state index contributed by atoms with van der Waals surface area (Å²) < 4.78 is 5.30. The zero-order chi connectivity index (χ0) is 11.4. The van der Waals surface area contributed by atoms with Crippen LogP contribution in [-0.4, -0.2) is 38.8 Å². The number of ether oxygens (including phenoxy) is 1. The summed E-state index contributed by atoms with van der Waals surface area (Å²) in [5, 5.41) is 6.35. The lowest BCUT2D eigenvalue weighted by atomic mass is 9.96. The molecular formula is C12H22N2O2. The number of nitrogens with one attached hydrogen (secondary N) is 2. The minimum Gasteiger partial charge on any atom is -0.381 e. The van der Waals surface area contributed by atoms with Crippen LogP contribution >= 0.6 is 0 Å². The minimum absolute atomic E-state index is 0.167. The van der Waals surface area contributed by atoms with Gasteiger partial charge < -0.3 is 15.4 Å². The molecule has 16 heavy (non-hydrogen) atoms. The Morgan fingerprint density at radius 2 is 2.12 bits per heavy atom. The summed E-state index contributed by atoms with van der Waals surface area (Å²) in [5.41, 5.74) is 0. The molecule has 2 aliphatic rings. The Bertz CT molecular complexity index is 239. The molecule has 2 N–H and O–H groups in total. The second kappa shape index (κ2) is 5.64. The molecule has 2 atom stereocenters. The average Bonchev–Trinajstić information content (AvgIpc) is 2.74. The molecule has 2 aliphatic heterocycles. The molecule has 0 spiro atoms. The molecule has 2 rings (SSSR count). The fourth-order valence-electron chi connectivity index (χ4n) is 2.49. The molecule has 92 valence electrons. The second-order valence-electron chi connectivity index (χ2n) is 5.04. The van der Waals surface area contributed by atoms with E-state index in [1.54, 1.807) is 0 Å². The highest BCUT2D eigenvalue weighted by atomic mass is 16.5. The van der Waals surface area contributed by atoms with Crippen molar-refractivity contribution in [3.63, 3.8) is 0 Å². The minimum atomic E-state index is 0.167. The van der Waals surface area contributed by atoms with Crippen LogP contribution in [0.4, 0.5) is 0 Å². The lowest BCUT2D eigenvalue weighted by Crippen LogP contribution is -2.38. The van der Waals surface area contributed by atoms with Gasteiger partial charge in [0, 0.05) is 26.3 Å². The van der Waals surface area contributed by atoms with Crippen molar-refractivity contribution in [1.82, 2.24) is 10.6 Å². The highest BCUT2D eigenvalue weighted by Gasteiger charge is 2.29. The van der Waals surface area contributed by atoms with Crippen molar-refractivity contribution in [1.29, 1.82) is 0 Å². The zero-order valence-corrected chi connectivity index (χ0v) is 10.00. The molecule has 2 unspecified atom stereocenters. The van der Waals surface area contributed by atoms with E-state index in [1.807, 2.05) is 0 Å². The molecule has 0 aromatic heterocycles. The van der Waals surface area contributed by atoms with Crippen LogP contribution in [0.2, 0.25) is 0 Å². The molecule has 2 fully saturated rings. The Morgan fingerprint density at radius 1 is 1.38 bits per heavy atom. The predicted octanol–water partition coefficient (Wildman–Crippen LogP) is 0.385. The summed E-state index contributed by atoms with van der Waals surface area (Å²) in [4.78, 5) is 11.9. The van der Waals surface area contributed by atoms with E-state index in [0.29, 0.717) is 11.8 Å². The number of hydrogen-bond donors (Lipinski definition) is 2. The molecule has 1 amide bonds. The van der Waals surface area contributed by atoms with Crippen LogP contribution in [-0.2, 0) is 9.53 Å². The summed E-state index contributed by atoms with van der Waals surface area (Å²) in [6, 6.07) is 0. The molecule has 0 saturated carbocycles. The predicted molar refractivity (Wildman–Crippen MR) is 62.1 cm³/mol. The molecular weight excluding hydrogens is 204 g/mol. The van der Waals surface area contributed by atoms with Crippen LogP contribution in [0, 0.1) is 17.8 Å². The van der Waals surface area contributed by atoms with Crippen molar-refractivity contribution in [3.05, 3.63) is 0 Å². The Balaban J connectivity index is 1.70. The van der Waals surface area contributed by atoms with Crippen LogP contribution < -0.4 is 10.6 Å². The lowest BCUT2D eigenvalue weighted by molar-refractivity contribution is -0.125. The number of rotatable bonds is 3. The zero-order valence-electron chi connectivity index (χ0n) is 10.00. The number of hydrogen-bond acceptors (Lipinski definition) is 3. The second-order valence-corrected chi connectivity index (χ2v) is 5.04. The largest absolute Gasteiger partial charge is 0.381 e. The summed E-state index contributed by atoms with van der Waals surface area (Å²) in [6.07, 6.45) is 2.16. The van der Waals surface area contributed by atoms with Crippen molar-refractivity contribution in [2.45, 2.75) is 19.8 Å². The third kappa shape index (κ3) is 2.95. The first-order valence-electron chi connectivity index (χ1n) is 6.33. The maximum Gasteiger partial charge on any atom is 0.224 e. The van der Waals surface area contributed by atoms with Gasteiger partial charge in [-0.1, -0.05) is 6.92 Å². The molecule has 2 saturated heterocycles. The van der Waals surface area contributed by atoms with Gasteiger partial charge in [-0.2, -0.15) is 0 Å². The summed E-state index contributed by atoms with van der Waals surface area (Å²) in [6.45, 7) is 6.46. The molecule has 0 aliphatic carbocycles. The summed E-state index contributed by atoms with van der Waals surface area (Å²) >= 11 is 0. The average molecular weight is 226 g/mol. The van der Waals surface area contributed by atoms with E-state index in [1.165, 1.54) is 0 Å². The van der Waals surface area contributed by atoms with Crippen molar-refractivity contribution in [2.75, 3.05) is 32.8 Å². The first kappa shape index (κ1) is 11.9. The van der Waals surface area contributed by atoms with E-state index >= 15 is 0 Å². The topological polar surface area (TPSA) is 50.4 Å². The van der Waals surface area contributed by atoms with Crippen molar-refractivity contribution < 1.29 is 9.53 Å². The van der Waals surface area contributed by atoms with Gasteiger partial charge in [0.2, 0.25) is 5.91 Å². The maximum atomic E-state index is 11.9. The van der Waals surface area contributed by atoms with Crippen molar-refractivity contribution in [3.8, 4) is 0 Å². The van der Waals surface area contributed by atoms with E-state index in [4.69, 9.17) is 4.74 Å². The SMILES string of the molecule is CC1CNCC1C(=O)NCC1CCOCC1. The van der Waals surface area contributed by atoms with Crippen LogP contribution in [0.1, 0.15) is 19.8 Å². The van der Waals surface area contributed by atoms with Crippen molar-refractivity contribution >= 4 is 5.91 Å². The van der Waals surface area contributed by atoms with Gasteiger partial charge in [0.15, 0.2) is 0 Å². The quantitative estimate of drug-likeness (QED) is 0.731. The summed E-state index contributed by atoms with van der Waals surface area (Å²) in [7, 11) is 0. The Morgan fingerprint density at radius 3 is 2.75 bits per heavy atom. The molecule has 0 aromatic carbocycles. The van der Waals surface area contributed by atoms with Gasteiger partial charge in [-0.05, 0) is 31.2 Å². The highest BCUT2D eigenvalue weighted by Crippen LogP contribution is 2.17. The Labute approximate surface area is 97.1 Å². The monoisotopic (exact) mass is 226 g/mol. The molecule has 2 heterocycles. The van der Waals surface area contributed by atoms with Gasteiger partial charge in [-0.3, -0.25) is 4.79 Å². The van der Waals surface area contributed by atoms with E-state index in [2.05, 4.69) is 17.6 Å². The van der Waals surface area contributed by atoms with Crippen LogP contribution in [0.5, 0.6) is 0 Å². The standard InChI is InChI=1S/C12H22N2O2/c1-9-6-13-8-11(9)12(15)14-7-10-2-4-16-5-3-10/h9-11,13H,2-8H2,1H3,(H,14,15). The smallest absolute Gasteiger partial charge is 0.224 e. The van der Waals surface area contributed by atoms with Crippen LogP contribution in [0.15, 0.2) is 0 Å². The summed E-state index contributed by atoms with van der Waals surface area (Å²) in [5.74, 6) is 1.47. The van der Waals surface area contributed by atoms with E-state index in [9.17, 15) is 4.79 Å². The number of carbonyl (C=O) groups is 1. The van der Waals surface area contributed by atoms with Crippen molar-refractivity contribution in [2.24, 2.45) is 17.8 Å². The fraction of sp³-hybridized carbons (Fsp3) is 0.917. The first-order valence-corrected chi connectivity index (χ1v) is 6.33. The van der Waals surface area contributed by atoms with E-state index in [0.717, 1.165) is 45.7 Å². The van der Waals surface area contributed by atoms with E-state index < -0.39 is 0 Å². The molecule has 4 heteroatoms. The molecule has 0 radical (unpaired) electrons. The van der Waals surface area contributed by atoms with Gasteiger partial charge in [0.25, 0.3) is 0 Å². The van der Waals surface area contributed by atoms with Gasteiger partial charge in [0.05, 0.1) is 5.92 Å². The molecule has 0 bridgehead atoms.